The van der Waals surface area contributed by atoms with E-state index in [2.05, 4.69) is 18.0 Å². The van der Waals surface area contributed by atoms with Crippen LogP contribution in [0.3, 0.4) is 0 Å². The summed E-state index contributed by atoms with van der Waals surface area (Å²) in [6.07, 6.45) is 2.54. The summed E-state index contributed by atoms with van der Waals surface area (Å²) in [4.78, 5) is 18.7. The molecule has 2 aromatic heterocycles. The molecule has 0 bridgehead atoms. The Morgan fingerprint density at radius 2 is 1.92 bits per heavy atom. The summed E-state index contributed by atoms with van der Waals surface area (Å²) in [5, 5.41) is 2.24. The topological polar surface area (TPSA) is 44.1 Å². The van der Waals surface area contributed by atoms with E-state index in [9.17, 15) is 4.79 Å². The smallest absolute Gasteiger partial charge is 0.273 e. The van der Waals surface area contributed by atoms with Crippen molar-refractivity contribution in [1.82, 2.24) is 9.55 Å². The molecule has 0 fully saturated rings. The van der Waals surface area contributed by atoms with Crippen molar-refractivity contribution in [2.75, 3.05) is 7.11 Å². The number of pyridine rings is 1. The summed E-state index contributed by atoms with van der Waals surface area (Å²) < 4.78 is 7.02. The van der Waals surface area contributed by atoms with Gasteiger partial charge in [0.2, 0.25) is 0 Å². The Bertz CT molecular complexity index is 1130. The third kappa shape index (κ3) is 2.70. The van der Waals surface area contributed by atoms with Crippen LogP contribution < -0.4 is 10.3 Å². The maximum absolute atomic E-state index is 13.5. The molecule has 0 N–H and O–H groups in total. The lowest BCUT2D eigenvalue weighted by atomic mass is 10.0. The zero-order chi connectivity index (χ0) is 18.1. The van der Waals surface area contributed by atoms with E-state index in [1.165, 1.54) is 11.3 Å². The normalized spacial score (nSPS) is 11.0. The number of nitrogens with zero attached hydrogens (tertiary/aromatic N) is 2. The second-order valence-corrected chi connectivity index (χ2v) is 6.92. The van der Waals surface area contributed by atoms with Crippen LogP contribution in [-0.2, 0) is 6.42 Å². The van der Waals surface area contributed by atoms with Gasteiger partial charge in [-0.05, 0) is 30.0 Å². The Kier molecular flexibility index (Phi) is 4.31. The van der Waals surface area contributed by atoms with E-state index in [-0.39, 0.29) is 5.56 Å². The van der Waals surface area contributed by atoms with Crippen molar-refractivity contribution in [3.05, 3.63) is 76.8 Å². The van der Waals surface area contributed by atoms with Gasteiger partial charge < -0.3 is 4.74 Å². The lowest BCUT2D eigenvalue weighted by Crippen LogP contribution is -2.22. The molecule has 2 aromatic carbocycles. The molecule has 0 unspecified atom stereocenters. The van der Waals surface area contributed by atoms with Crippen LogP contribution in [0.4, 0.5) is 0 Å². The lowest BCUT2D eigenvalue weighted by Gasteiger charge is -2.15. The number of ether oxygens (including phenoxy) is 1. The molecule has 0 aliphatic carbocycles. The van der Waals surface area contributed by atoms with Gasteiger partial charge >= 0.3 is 0 Å². The first kappa shape index (κ1) is 16.5. The van der Waals surface area contributed by atoms with Crippen LogP contribution in [0.15, 0.2) is 65.6 Å². The van der Waals surface area contributed by atoms with Crippen molar-refractivity contribution in [2.45, 2.75) is 13.3 Å². The van der Waals surface area contributed by atoms with Gasteiger partial charge in [-0.1, -0.05) is 54.7 Å². The molecule has 0 radical (unpaired) electrons. The Labute approximate surface area is 155 Å². The van der Waals surface area contributed by atoms with Crippen LogP contribution in [0.25, 0.3) is 26.9 Å². The molecule has 0 amide bonds. The first-order valence-electron chi connectivity index (χ1n) is 8.46. The first-order chi connectivity index (χ1) is 12.7. The van der Waals surface area contributed by atoms with Crippen molar-refractivity contribution in [2.24, 2.45) is 0 Å². The summed E-state index contributed by atoms with van der Waals surface area (Å²) >= 11 is 1.44. The number of thiazole rings is 1. The molecule has 4 nitrogen and oxygen atoms in total. The second-order valence-electron chi connectivity index (χ2n) is 5.93. The standard InChI is InChI=1S/C21H18N2O2S/c1-3-15-12-14-8-7-11-17(18-13-22-21(25-2)26-18)19(14)20(24)23(15)16-9-5-4-6-10-16/h4-13H,3H2,1-2H3. The summed E-state index contributed by atoms with van der Waals surface area (Å²) in [6, 6.07) is 17.8. The minimum atomic E-state index is -0.00600. The molecule has 26 heavy (non-hydrogen) atoms. The minimum Gasteiger partial charge on any atom is -0.473 e. The fraction of sp³-hybridized carbons (Fsp3) is 0.143. The van der Waals surface area contributed by atoms with E-state index in [1.54, 1.807) is 13.3 Å². The Hall–Kier alpha value is -2.92. The van der Waals surface area contributed by atoms with Crippen LogP contribution in [0, 0.1) is 0 Å². The van der Waals surface area contributed by atoms with E-state index >= 15 is 0 Å². The van der Waals surface area contributed by atoms with Gasteiger partial charge in [0.15, 0.2) is 0 Å². The monoisotopic (exact) mass is 362 g/mol. The van der Waals surface area contributed by atoms with E-state index in [0.29, 0.717) is 10.6 Å². The Morgan fingerprint density at radius 1 is 1.12 bits per heavy atom. The summed E-state index contributed by atoms with van der Waals surface area (Å²) in [7, 11) is 1.60. The van der Waals surface area contributed by atoms with Gasteiger partial charge in [-0.15, -0.1) is 0 Å². The molecule has 0 atom stereocenters. The number of para-hydroxylation sites is 1. The van der Waals surface area contributed by atoms with E-state index in [4.69, 9.17) is 4.74 Å². The lowest BCUT2D eigenvalue weighted by molar-refractivity contribution is 0.412. The molecule has 0 aliphatic heterocycles. The maximum atomic E-state index is 13.5. The fourth-order valence-corrected chi connectivity index (χ4v) is 3.98. The molecule has 2 heterocycles. The quantitative estimate of drug-likeness (QED) is 0.529. The number of methoxy groups -OCH3 is 1. The van der Waals surface area contributed by atoms with Crippen LogP contribution in [0.1, 0.15) is 12.6 Å². The first-order valence-corrected chi connectivity index (χ1v) is 9.28. The van der Waals surface area contributed by atoms with Crippen molar-refractivity contribution in [3.63, 3.8) is 0 Å². The average Bonchev–Trinajstić information content (AvgIpc) is 3.17. The van der Waals surface area contributed by atoms with E-state index in [1.807, 2.05) is 53.1 Å². The number of rotatable bonds is 4. The molecular weight excluding hydrogens is 344 g/mol. The predicted octanol–water partition coefficient (Wildman–Crippen LogP) is 4.69. The predicted molar refractivity (Wildman–Crippen MR) is 107 cm³/mol. The largest absolute Gasteiger partial charge is 0.473 e. The molecule has 5 heteroatoms. The zero-order valence-electron chi connectivity index (χ0n) is 14.6. The van der Waals surface area contributed by atoms with Crippen molar-refractivity contribution < 1.29 is 4.74 Å². The highest BCUT2D eigenvalue weighted by molar-refractivity contribution is 7.16. The molecule has 0 saturated carbocycles. The molecule has 0 spiro atoms. The zero-order valence-corrected chi connectivity index (χ0v) is 15.4. The summed E-state index contributed by atoms with van der Waals surface area (Å²) in [5.41, 5.74) is 2.76. The molecule has 0 saturated heterocycles. The number of aromatic nitrogens is 2. The van der Waals surface area contributed by atoms with Crippen molar-refractivity contribution >= 4 is 22.1 Å². The summed E-state index contributed by atoms with van der Waals surface area (Å²) in [5.74, 6) is 0. The number of hydrogen-bond acceptors (Lipinski definition) is 4. The average molecular weight is 362 g/mol. The van der Waals surface area contributed by atoms with Gasteiger partial charge in [-0.25, -0.2) is 4.98 Å². The van der Waals surface area contributed by atoms with Crippen molar-refractivity contribution in [1.29, 1.82) is 0 Å². The van der Waals surface area contributed by atoms with E-state index in [0.717, 1.165) is 33.6 Å². The van der Waals surface area contributed by atoms with Crippen LogP contribution in [0.5, 0.6) is 5.19 Å². The molecule has 130 valence electrons. The SMILES string of the molecule is CCc1cc2cccc(-c3cnc(OC)s3)c2c(=O)n1-c1ccccc1. The van der Waals surface area contributed by atoms with Gasteiger partial charge in [0.25, 0.3) is 10.8 Å². The highest BCUT2D eigenvalue weighted by Crippen LogP contribution is 2.34. The van der Waals surface area contributed by atoms with Gasteiger partial charge in [0.1, 0.15) is 0 Å². The van der Waals surface area contributed by atoms with Gasteiger partial charge in [0.05, 0.1) is 17.4 Å². The number of fused-ring (bicyclic) bond motifs is 1. The second kappa shape index (κ2) is 6.77. The fourth-order valence-electron chi connectivity index (χ4n) is 3.22. The highest BCUT2D eigenvalue weighted by Gasteiger charge is 2.15. The third-order valence-corrected chi connectivity index (χ3v) is 5.42. The third-order valence-electron chi connectivity index (χ3n) is 4.42. The molecule has 4 aromatic rings. The maximum Gasteiger partial charge on any atom is 0.273 e. The van der Waals surface area contributed by atoms with Crippen LogP contribution in [0.2, 0.25) is 0 Å². The number of hydrogen-bond donors (Lipinski definition) is 0. The molecular formula is C21H18N2O2S. The molecule has 4 rings (SSSR count). The minimum absolute atomic E-state index is 0.00600. The molecule has 0 aliphatic rings. The van der Waals surface area contributed by atoms with Crippen LogP contribution in [-0.4, -0.2) is 16.7 Å². The van der Waals surface area contributed by atoms with Gasteiger partial charge in [0, 0.05) is 23.1 Å². The highest BCUT2D eigenvalue weighted by atomic mass is 32.1. The van der Waals surface area contributed by atoms with Gasteiger partial charge in [-0.2, -0.15) is 0 Å². The van der Waals surface area contributed by atoms with Gasteiger partial charge in [-0.3, -0.25) is 9.36 Å². The number of benzene rings is 2. The number of aryl methyl sites for hydroxylation is 1. The Morgan fingerprint density at radius 3 is 2.62 bits per heavy atom. The Balaban J connectivity index is 2.06. The summed E-state index contributed by atoms with van der Waals surface area (Å²) in [6.45, 7) is 2.07. The van der Waals surface area contributed by atoms with E-state index < -0.39 is 0 Å². The van der Waals surface area contributed by atoms with Crippen molar-refractivity contribution in [3.8, 4) is 21.3 Å². The van der Waals surface area contributed by atoms with Crippen LogP contribution >= 0.6 is 11.3 Å².